The zero-order valence-electron chi connectivity index (χ0n) is 14.1. The first-order valence-corrected chi connectivity index (χ1v) is 9.37. The van der Waals surface area contributed by atoms with Crippen LogP contribution in [0.5, 0.6) is 11.5 Å². The maximum atomic E-state index is 12.2. The lowest BCUT2D eigenvalue weighted by atomic mass is 9.86. The second kappa shape index (κ2) is 8.45. The number of hydrogen-bond donors (Lipinski definition) is 0. The summed E-state index contributed by atoms with van der Waals surface area (Å²) >= 11 is 30.0. The van der Waals surface area contributed by atoms with Crippen LogP contribution in [0, 0.1) is 0 Å². The summed E-state index contributed by atoms with van der Waals surface area (Å²) in [6.45, 7) is 5.63. The summed E-state index contributed by atoms with van der Waals surface area (Å²) in [6.07, 6.45) is 0. The molecule has 0 aromatic heterocycles. The van der Waals surface area contributed by atoms with Gasteiger partial charge < -0.3 is 9.47 Å². The van der Waals surface area contributed by atoms with Crippen LogP contribution < -0.4 is 9.47 Å². The van der Waals surface area contributed by atoms with Crippen LogP contribution in [0.2, 0.25) is 25.1 Å². The third-order valence-electron chi connectivity index (χ3n) is 3.42. The molecule has 0 N–H and O–H groups in total. The van der Waals surface area contributed by atoms with Crippen LogP contribution in [0.4, 0.5) is 0 Å². The van der Waals surface area contributed by atoms with Crippen molar-refractivity contribution in [3.63, 3.8) is 0 Å². The molecule has 140 valence electrons. The maximum Gasteiger partial charge on any atom is 0.349 e. The van der Waals surface area contributed by atoms with Crippen LogP contribution in [0.25, 0.3) is 0 Å². The van der Waals surface area contributed by atoms with E-state index in [2.05, 4.69) is 0 Å². The minimum absolute atomic E-state index is 0.0100. The van der Waals surface area contributed by atoms with E-state index in [1.165, 1.54) is 0 Å². The summed E-state index contributed by atoms with van der Waals surface area (Å²) in [7, 11) is 0. The van der Waals surface area contributed by atoms with Gasteiger partial charge in [0.15, 0.2) is 12.4 Å². The summed E-state index contributed by atoms with van der Waals surface area (Å²) in [6, 6.07) is 7.28. The van der Waals surface area contributed by atoms with Crippen LogP contribution in [-0.4, -0.2) is 12.6 Å². The van der Waals surface area contributed by atoms with Crippen molar-refractivity contribution in [2.45, 2.75) is 26.2 Å². The summed E-state index contributed by atoms with van der Waals surface area (Å²) in [5.41, 5.74) is 0.698. The molecule has 0 aliphatic carbocycles. The van der Waals surface area contributed by atoms with E-state index in [4.69, 9.17) is 67.5 Å². The third kappa shape index (κ3) is 4.71. The lowest BCUT2D eigenvalue weighted by Crippen LogP contribution is -2.21. The molecule has 3 nitrogen and oxygen atoms in total. The van der Waals surface area contributed by atoms with E-state index in [0.29, 0.717) is 5.75 Å². The van der Waals surface area contributed by atoms with Crippen molar-refractivity contribution < 1.29 is 14.3 Å². The van der Waals surface area contributed by atoms with Gasteiger partial charge in [0.1, 0.15) is 15.8 Å². The van der Waals surface area contributed by atoms with Crippen LogP contribution in [0.1, 0.15) is 26.3 Å². The molecule has 2 aromatic carbocycles. The molecular formula is C18H15Cl5O3. The number of benzene rings is 2. The highest BCUT2D eigenvalue weighted by Gasteiger charge is 2.23. The number of ether oxygens (including phenoxy) is 2. The molecule has 0 saturated carbocycles. The molecule has 0 aliphatic rings. The highest BCUT2D eigenvalue weighted by Crippen LogP contribution is 2.48. The van der Waals surface area contributed by atoms with Crippen molar-refractivity contribution in [3.05, 3.63) is 54.9 Å². The smallest absolute Gasteiger partial charge is 0.349 e. The molecule has 2 aromatic rings. The zero-order valence-corrected chi connectivity index (χ0v) is 17.9. The fourth-order valence-corrected chi connectivity index (χ4v) is 3.40. The Balaban J connectivity index is 2.17. The van der Waals surface area contributed by atoms with Gasteiger partial charge in [-0.05, 0) is 11.5 Å². The molecule has 0 saturated heterocycles. The van der Waals surface area contributed by atoms with Crippen LogP contribution in [0.3, 0.4) is 0 Å². The Morgan fingerprint density at radius 2 is 1.38 bits per heavy atom. The predicted octanol–water partition coefficient (Wildman–Crippen LogP) is 7.24. The van der Waals surface area contributed by atoms with E-state index >= 15 is 0 Å². The van der Waals surface area contributed by atoms with Crippen molar-refractivity contribution >= 4 is 64.0 Å². The highest BCUT2D eigenvalue weighted by molar-refractivity contribution is 6.55. The predicted molar refractivity (Wildman–Crippen MR) is 108 cm³/mol. The molecule has 8 heteroatoms. The lowest BCUT2D eigenvalue weighted by molar-refractivity contribution is -0.136. The molecule has 0 heterocycles. The number of carbonyl (C=O) groups is 1. The first kappa shape index (κ1) is 21.5. The fraction of sp³-hybridized carbons (Fsp3) is 0.278. The lowest BCUT2D eigenvalue weighted by Gasteiger charge is -2.22. The van der Waals surface area contributed by atoms with E-state index in [1.54, 1.807) is 12.1 Å². The van der Waals surface area contributed by atoms with Gasteiger partial charge in [0.2, 0.25) is 0 Å². The Labute approximate surface area is 177 Å². The summed E-state index contributed by atoms with van der Waals surface area (Å²) < 4.78 is 10.8. The molecule has 0 atom stereocenters. The Morgan fingerprint density at radius 1 is 0.885 bits per heavy atom. The Bertz CT molecular complexity index is 814. The molecule has 0 bridgehead atoms. The molecule has 0 aliphatic heterocycles. The highest BCUT2D eigenvalue weighted by atomic mass is 35.5. The van der Waals surface area contributed by atoms with E-state index in [1.807, 2.05) is 32.9 Å². The van der Waals surface area contributed by atoms with Gasteiger partial charge >= 0.3 is 5.97 Å². The Hall–Kier alpha value is -0.840. The molecule has 0 fully saturated rings. The number of hydrogen-bond acceptors (Lipinski definition) is 3. The standard InChI is InChI=1S/C18H15Cl5O3/c1-18(2,3)9-6-4-5-7-10(9)26-11(24)8-25-17-15(22)13(20)12(19)14(21)16(17)23/h4-7H,8H2,1-3H3. The number of halogens is 5. The molecular weight excluding hydrogens is 441 g/mol. The largest absolute Gasteiger partial charge is 0.479 e. The van der Waals surface area contributed by atoms with Gasteiger partial charge in [0, 0.05) is 5.56 Å². The van der Waals surface area contributed by atoms with Gasteiger partial charge in [0.25, 0.3) is 0 Å². The average molecular weight is 457 g/mol. The van der Waals surface area contributed by atoms with Crippen molar-refractivity contribution in [3.8, 4) is 11.5 Å². The van der Waals surface area contributed by atoms with Crippen molar-refractivity contribution in [1.82, 2.24) is 0 Å². The summed E-state index contributed by atoms with van der Waals surface area (Å²) in [5.74, 6) is -0.206. The Kier molecular flexibility index (Phi) is 6.98. The SMILES string of the molecule is CC(C)(C)c1ccccc1OC(=O)COc1c(Cl)c(Cl)c(Cl)c(Cl)c1Cl. The van der Waals surface area contributed by atoms with Crippen LogP contribution >= 0.6 is 58.0 Å². The van der Waals surface area contributed by atoms with Gasteiger partial charge in [-0.1, -0.05) is 97.0 Å². The summed E-state index contributed by atoms with van der Waals surface area (Å²) in [4.78, 5) is 12.2. The second-order valence-corrected chi connectivity index (χ2v) is 8.30. The number of carbonyl (C=O) groups excluding carboxylic acids is 1. The van der Waals surface area contributed by atoms with Crippen molar-refractivity contribution in [1.29, 1.82) is 0 Å². The molecule has 0 radical (unpaired) electrons. The van der Waals surface area contributed by atoms with Gasteiger partial charge in [-0.3, -0.25) is 0 Å². The number of rotatable bonds is 4. The third-order valence-corrected chi connectivity index (χ3v) is 5.66. The van der Waals surface area contributed by atoms with Crippen molar-refractivity contribution in [2.24, 2.45) is 0 Å². The normalized spacial score (nSPS) is 11.4. The van der Waals surface area contributed by atoms with Gasteiger partial charge in [-0.2, -0.15) is 0 Å². The summed E-state index contributed by atoms with van der Waals surface area (Å²) in [5, 5.41) is -0.0753. The number of para-hydroxylation sites is 1. The van der Waals surface area contributed by atoms with E-state index < -0.39 is 12.6 Å². The van der Waals surface area contributed by atoms with Crippen LogP contribution in [-0.2, 0) is 10.2 Å². The molecule has 2 rings (SSSR count). The minimum Gasteiger partial charge on any atom is -0.479 e. The first-order valence-electron chi connectivity index (χ1n) is 7.48. The zero-order chi connectivity index (χ0) is 19.6. The van der Waals surface area contributed by atoms with E-state index in [0.717, 1.165) is 5.56 Å². The van der Waals surface area contributed by atoms with Gasteiger partial charge in [0.05, 0.1) is 15.1 Å². The van der Waals surface area contributed by atoms with Gasteiger partial charge in [-0.25, -0.2) is 4.79 Å². The number of esters is 1. The first-order chi connectivity index (χ1) is 12.0. The average Bonchev–Trinajstić information content (AvgIpc) is 2.57. The quantitative estimate of drug-likeness (QED) is 0.211. The Morgan fingerprint density at radius 3 is 1.92 bits per heavy atom. The topological polar surface area (TPSA) is 35.5 Å². The maximum absolute atomic E-state index is 12.2. The second-order valence-electron chi connectivity index (χ2n) is 6.41. The minimum atomic E-state index is -0.629. The molecule has 26 heavy (non-hydrogen) atoms. The van der Waals surface area contributed by atoms with E-state index in [-0.39, 0.29) is 36.3 Å². The van der Waals surface area contributed by atoms with E-state index in [9.17, 15) is 4.79 Å². The molecule has 0 spiro atoms. The molecule has 0 unspecified atom stereocenters. The van der Waals surface area contributed by atoms with Gasteiger partial charge in [-0.15, -0.1) is 0 Å². The fourth-order valence-electron chi connectivity index (χ4n) is 2.17. The van der Waals surface area contributed by atoms with Crippen LogP contribution in [0.15, 0.2) is 24.3 Å². The monoisotopic (exact) mass is 454 g/mol. The van der Waals surface area contributed by atoms with Crippen molar-refractivity contribution in [2.75, 3.05) is 6.61 Å². The molecule has 0 amide bonds.